The molecular weight excluding hydrogens is 256 g/mol. The fourth-order valence-corrected chi connectivity index (χ4v) is 2.37. The molecule has 1 aliphatic rings. The zero-order chi connectivity index (χ0) is 15.2. The molecule has 0 saturated heterocycles. The van der Waals surface area contributed by atoms with Crippen LogP contribution in [0.1, 0.15) is 59.8 Å². The number of carbonyl (C=O) groups excluding carboxylic acids is 2. The lowest BCUT2D eigenvalue weighted by atomic mass is 9.86. The third-order valence-electron chi connectivity index (χ3n) is 3.48. The highest BCUT2D eigenvalue weighted by atomic mass is 16.6. The lowest BCUT2D eigenvalue weighted by molar-refractivity contribution is -0.121. The summed E-state index contributed by atoms with van der Waals surface area (Å²) in [4.78, 5) is 22.9. The van der Waals surface area contributed by atoms with Crippen LogP contribution in [-0.2, 0) is 9.53 Å². The standard InChI is InChI=1S/C15H28N2O3/c1-5-13(18)16-10-11-6-8-12(9-7-11)17-14(19)20-15(2,3)4/h11-12H,5-10H2,1-4H3,(H,16,18)(H,17,19). The zero-order valence-corrected chi connectivity index (χ0v) is 13.1. The normalized spacial score (nSPS) is 23.0. The van der Waals surface area contributed by atoms with Crippen molar-refractivity contribution in [3.05, 3.63) is 0 Å². The van der Waals surface area contributed by atoms with E-state index in [-0.39, 0.29) is 18.0 Å². The average Bonchev–Trinajstić information content (AvgIpc) is 2.35. The first-order chi connectivity index (χ1) is 9.30. The van der Waals surface area contributed by atoms with Gasteiger partial charge in [0.05, 0.1) is 0 Å². The minimum absolute atomic E-state index is 0.110. The van der Waals surface area contributed by atoms with Gasteiger partial charge in [-0.25, -0.2) is 4.79 Å². The highest BCUT2D eigenvalue weighted by Gasteiger charge is 2.24. The predicted octanol–water partition coefficient (Wildman–Crippen LogP) is 2.60. The van der Waals surface area contributed by atoms with Crippen LogP contribution in [0.5, 0.6) is 0 Å². The first-order valence-electron chi connectivity index (χ1n) is 7.56. The zero-order valence-electron chi connectivity index (χ0n) is 13.1. The van der Waals surface area contributed by atoms with Crippen LogP contribution < -0.4 is 10.6 Å². The fraction of sp³-hybridized carbons (Fsp3) is 0.867. The van der Waals surface area contributed by atoms with E-state index in [1.54, 1.807) is 0 Å². The van der Waals surface area contributed by atoms with Crippen molar-refractivity contribution >= 4 is 12.0 Å². The van der Waals surface area contributed by atoms with Gasteiger partial charge in [-0.3, -0.25) is 4.79 Å². The summed E-state index contributed by atoms with van der Waals surface area (Å²) in [6.45, 7) is 8.20. The fourth-order valence-electron chi connectivity index (χ4n) is 2.37. The van der Waals surface area contributed by atoms with Crippen LogP contribution in [0.15, 0.2) is 0 Å². The second-order valence-corrected chi connectivity index (χ2v) is 6.52. The molecule has 0 unspecified atom stereocenters. The topological polar surface area (TPSA) is 67.4 Å². The molecular formula is C15H28N2O3. The number of carbonyl (C=O) groups is 2. The van der Waals surface area contributed by atoms with E-state index in [4.69, 9.17) is 4.74 Å². The van der Waals surface area contributed by atoms with Gasteiger partial charge in [-0.1, -0.05) is 6.92 Å². The molecule has 0 spiro atoms. The van der Waals surface area contributed by atoms with Crippen molar-refractivity contribution in [3.63, 3.8) is 0 Å². The van der Waals surface area contributed by atoms with Crippen LogP contribution in [-0.4, -0.2) is 30.2 Å². The van der Waals surface area contributed by atoms with Gasteiger partial charge in [0.25, 0.3) is 0 Å². The average molecular weight is 284 g/mol. The predicted molar refractivity (Wildman–Crippen MR) is 78.4 cm³/mol. The van der Waals surface area contributed by atoms with E-state index in [1.165, 1.54) is 0 Å². The molecule has 1 fully saturated rings. The second kappa shape index (κ2) is 7.50. The van der Waals surface area contributed by atoms with Crippen molar-refractivity contribution < 1.29 is 14.3 Å². The summed E-state index contributed by atoms with van der Waals surface area (Å²) < 4.78 is 5.25. The third-order valence-corrected chi connectivity index (χ3v) is 3.48. The number of amides is 2. The summed E-state index contributed by atoms with van der Waals surface area (Å²) in [7, 11) is 0. The van der Waals surface area contributed by atoms with Crippen LogP contribution in [0, 0.1) is 5.92 Å². The summed E-state index contributed by atoms with van der Waals surface area (Å²) >= 11 is 0. The van der Waals surface area contributed by atoms with Gasteiger partial charge in [-0.15, -0.1) is 0 Å². The monoisotopic (exact) mass is 284 g/mol. The van der Waals surface area contributed by atoms with Crippen molar-refractivity contribution in [3.8, 4) is 0 Å². The molecule has 0 aromatic carbocycles. The first kappa shape index (κ1) is 16.8. The van der Waals surface area contributed by atoms with Gasteiger partial charge in [0.15, 0.2) is 0 Å². The first-order valence-corrected chi connectivity index (χ1v) is 7.56. The van der Waals surface area contributed by atoms with Gasteiger partial charge in [-0.05, 0) is 52.4 Å². The smallest absolute Gasteiger partial charge is 0.407 e. The van der Waals surface area contributed by atoms with E-state index in [9.17, 15) is 9.59 Å². The minimum atomic E-state index is -0.453. The minimum Gasteiger partial charge on any atom is -0.444 e. The van der Waals surface area contributed by atoms with Crippen molar-refractivity contribution in [1.29, 1.82) is 0 Å². The number of hydrogen-bond donors (Lipinski definition) is 2. The van der Waals surface area contributed by atoms with Gasteiger partial charge in [-0.2, -0.15) is 0 Å². The van der Waals surface area contributed by atoms with Crippen LogP contribution in [0.4, 0.5) is 4.79 Å². The SMILES string of the molecule is CCC(=O)NCC1CCC(NC(=O)OC(C)(C)C)CC1. The number of rotatable bonds is 4. The van der Waals surface area contributed by atoms with Crippen LogP contribution in [0.25, 0.3) is 0 Å². The summed E-state index contributed by atoms with van der Waals surface area (Å²) in [6.07, 6.45) is 4.17. The van der Waals surface area contributed by atoms with Gasteiger partial charge >= 0.3 is 6.09 Å². The number of hydrogen-bond acceptors (Lipinski definition) is 3. The summed E-state index contributed by atoms with van der Waals surface area (Å²) in [5.41, 5.74) is -0.453. The van der Waals surface area contributed by atoms with Gasteiger partial charge in [0.1, 0.15) is 5.60 Å². The molecule has 0 bridgehead atoms. The molecule has 0 aliphatic heterocycles. The molecule has 0 atom stereocenters. The van der Waals surface area contributed by atoms with E-state index < -0.39 is 5.60 Å². The van der Waals surface area contributed by atoms with Crippen LogP contribution >= 0.6 is 0 Å². The van der Waals surface area contributed by atoms with E-state index in [0.29, 0.717) is 12.3 Å². The molecule has 0 heterocycles. The van der Waals surface area contributed by atoms with E-state index in [2.05, 4.69) is 10.6 Å². The molecule has 2 N–H and O–H groups in total. The van der Waals surface area contributed by atoms with Crippen molar-refractivity contribution in [2.24, 2.45) is 5.92 Å². The van der Waals surface area contributed by atoms with Crippen molar-refractivity contribution in [2.75, 3.05) is 6.54 Å². The maximum absolute atomic E-state index is 11.7. The number of nitrogens with one attached hydrogen (secondary N) is 2. The van der Waals surface area contributed by atoms with Gasteiger partial charge in [0, 0.05) is 19.0 Å². The Kier molecular flexibility index (Phi) is 6.30. The Bertz CT molecular complexity index is 329. The number of ether oxygens (including phenoxy) is 1. The Hall–Kier alpha value is -1.26. The van der Waals surface area contributed by atoms with Crippen molar-refractivity contribution in [2.45, 2.75) is 71.4 Å². The summed E-state index contributed by atoms with van der Waals surface area (Å²) in [6, 6.07) is 0.197. The molecule has 0 radical (unpaired) electrons. The lowest BCUT2D eigenvalue weighted by Crippen LogP contribution is -2.42. The van der Waals surface area contributed by atoms with E-state index >= 15 is 0 Å². The molecule has 1 saturated carbocycles. The van der Waals surface area contributed by atoms with Gasteiger partial charge in [0.2, 0.25) is 5.91 Å². The molecule has 20 heavy (non-hydrogen) atoms. The molecule has 1 rings (SSSR count). The lowest BCUT2D eigenvalue weighted by Gasteiger charge is -2.30. The second-order valence-electron chi connectivity index (χ2n) is 6.52. The van der Waals surface area contributed by atoms with E-state index in [0.717, 1.165) is 32.2 Å². The maximum atomic E-state index is 11.7. The molecule has 116 valence electrons. The summed E-state index contributed by atoms with van der Waals surface area (Å²) in [5.74, 6) is 0.640. The molecule has 0 aromatic heterocycles. The Morgan fingerprint density at radius 2 is 1.75 bits per heavy atom. The van der Waals surface area contributed by atoms with Crippen LogP contribution in [0.2, 0.25) is 0 Å². The molecule has 0 aromatic rings. The van der Waals surface area contributed by atoms with Gasteiger partial charge < -0.3 is 15.4 Å². The van der Waals surface area contributed by atoms with Crippen LogP contribution in [0.3, 0.4) is 0 Å². The highest BCUT2D eigenvalue weighted by Crippen LogP contribution is 2.24. The quantitative estimate of drug-likeness (QED) is 0.834. The highest BCUT2D eigenvalue weighted by molar-refractivity contribution is 5.75. The number of alkyl carbamates (subject to hydrolysis) is 1. The Morgan fingerprint density at radius 3 is 2.25 bits per heavy atom. The maximum Gasteiger partial charge on any atom is 0.407 e. The molecule has 5 nitrogen and oxygen atoms in total. The largest absolute Gasteiger partial charge is 0.444 e. The van der Waals surface area contributed by atoms with E-state index in [1.807, 2.05) is 27.7 Å². The Balaban J connectivity index is 2.22. The third kappa shape index (κ3) is 6.78. The van der Waals surface area contributed by atoms with Crippen molar-refractivity contribution in [1.82, 2.24) is 10.6 Å². The Labute approximate surface area is 121 Å². The molecule has 5 heteroatoms. The summed E-state index contributed by atoms with van der Waals surface area (Å²) in [5, 5.41) is 5.86. The molecule has 1 aliphatic carbocycles. The molecule has 2 amide bonds. The Morgan fingerprint density at radius 1 is 1.15 bits per heavy atom.